The van der Waals surface area contributed by atoms with Crippen LogP contribution < -0.4 is 5.32 Å². The van der Waals surface area contributed by atoms with Gasteiger partial charge < -0.3 is 44.3 Å². The van der Waals surface area contributed by atoms with Crippen LogP contribution in [0.3, 0.4) is 0 Å². The first-order valence-electron chi connectivity index (χ1n) is 19.9. The molecule has 0 spiro atoms. The first kappa shape index (κ1) is 44.3. The van der Waals surface area contributed by atoms with Gasteiger partial charge in [0.05, 0.1) is 35.6 Å². The van der Waals surface area contributed by atoms with E-state index in [4.69, 9.17) is 23.7 Å². The number of carbonyl (C=O) groups excluding carboxylic acids is 6. The van der Waals surface area contributed by atoms with Gasteiger partial charge in [-0.2, -0.15) is 0 Å². The zero-order valence-corrected chi connectivity index (χ0v) is 34.9. The topological polar surface area (TPSA) is 221 Å². The second kappa shape index (κ2) is 16.3. The highest BCUT2D eigenvalue weighted by Gasteiger charge is 2.78. The first-order valence-corrected chi connectivity index (χ1v) is 19.9. The van der Waals surface area contributed by atoms with Crippen molar-refractivity contribution in [2.45, 2.75) is 122 Å². The smallest absolute Gasteiger partial charge is 0.338 e. The number of benzene rings is 2. The van der Waals surface area contributed by atoms with Gasteiger partial charge in [-0.05, 0) is 56.5 Å². The predicted octanol–water partition coefficient (Wildman–Crippen LogP) is 3.39. The molecule has 15 heteroatoms. The molecular formula is C45H53NO14. The Morgan fingerprint density at radius 1 is 0.917 bits per heavy atom. The van der Waals surface area contributed by atoms with Crippen LogP contribution in [0.15, 0.2) is 83.5 Å². The van der Waals surface area contributed by atoms with E-state index < -0.39 is 113 Å². The maximum Gasteiger partial charge on any atom is 0.338 e. The highest BCUT2D eigenvalue weighted by atomic mass is 16.6. The van der Waals surface area contributed by atoms with Crippen molar-refractivity contribution in [1.29, 1.82) is 0 Å². The van der Waals surface area contributed by atoms with Crippen LogP contribution in [0.25, 0.3) is 0 Å². The van der Waals surface area contributed by atoms with E-state index in [-0.39, 0.29) is 29.7 Å². The van der Waals surface area contributed by atoms with E-state index in [1.54, 1.807) is 82.3 Å². The molecule has 0 aromatic heterocycles. The molecule has 7 unspecified atom stereocenters. The third-order valence-corrected chi connectivity index (χ3v) is 13.2. The average molecular weight is 832 g/mol. The van der Waals surface area contributed by atoms with Gasteiger partial charge in [-0.3, -0.25) is 19.2 Å². The fourth-order valence-corrected chi connectivity index (χ4v) is 9.75. The maximum atomic E-state index is 15.4. The maximum absolute atomic E-state index is 15.4. The Morgan fingerprint density at radius 3 is 2.08 bits per heavy atom. The summed E-state index contributed by atoms with van der Waals surface area (Å²) in [7, 11) is 0. The molecule has 1 heterocycles. The van der Waals surface area contributed by atoms with Crippen molar-refractivity contribution in [1.82, 2.24) is 5.32 Å². The molecule has 2 aromatic rings. The molecule has 3 aliphatic carbocycles. The number of ether oxygens (including phenoxy) is 5. The van der Waals surface area contributed by atoms with E-state index in [0.717, 1.165) is 13.8 Å². The Labute approximate surface area is 348 Å². The molecule has 15 nitrogen and oxygen atoms in total. The number of hydrogen-bond acceptors (Lipinski definition) is 14. The number of aliphatic hydroxyl groups excluding tert-OH is 2. The molecule has 4 N–H and O–H groups in total. The van der Waals surface area contributed by atoms with Crippen LogP contribution in [-0.2, 0) is 47.7 Å². The zero-order chi connectivity index (χ0) is 44.1. The van der Waals surface area contributed by atoms with Gasteiger partial charge in [-0.15, -0.1) is 0 Å². The molecule has 1 aliphatic heterocycles. The normalized spacial score (nSPS) is 32.9. The van der Waals surface area contributed by atoms with Crippen LogP contribution in [-0.4, -0.2) is 105 Å². The lowest BCUT2D eigenvalue weighted by Gasteiger charge is -2.67. The monoisotopic (exact) mass is 831 g/mol. The van der Waals surface area contributed by atoms with Crippen LogP contribution in [0.5, 0.6) is 0 Å². The molecule has 0 radical (unpaired) electrons. The van der Waals surface area contributed by atoms with Gasteiger partial charge in [0.2, 0.25) is 5.91 Å². The summed E-state index contributed by atoms with van der Waals surface area (Å²) in [6.07, 6.45) is -8.88. The van der Waals surface area contributed by atoms with Crippen molar-refractivity contribution in [2.24, 2.45) is 16.7 Å². The van der Waals surface area contributed by atoms with Gasteiger partial charge in [-0.25, -0.2) is 9.59 Å². The number of amides is 1. The number of nitrogens with one attached hydrogen (secondary N) is 1. The number of Topliss-reactive ketones (excluding diaryl/α,β-unsaturated/α-hetero) is 1. The number of hydrogen-bond donors (Lipinski definition) is 4. The van der Waals surface area contributed by atoms with E-state index in [9.17, 15) is 39.3 Å². The first-order chi connectivity index (χ1) is 28.1. The number of carbonyl (C=O) groups is 6. The van der Waals surface area contributed by atoms with Crippen LogP contribution in [0.4, 0.5) is 0 Å². The largest absolute Gasteiger partial charge is 0.456 e. The second-order valence-corrected chi connectivity index (χ2v) is 17.0. The molecule has 322 valence electrons. The third kappa shape index (κ3) is 7.24. The Bertz CT molecular complexity index is 2110. The summed E-state index contributed by atoms with van der Waals surface area (Å²) in [5, 5.41) is 40.0. The molecule has 1 amide bonds. The lowest BCUT2D eigenvalue weighted by atomic mass is 9.44. The van der Waals surface area contributed by atoms with Gasteiger partial charge in [0.15, 0.2) is 23.6 Å². The van der Waals surface area contributed by atoms with Crippen LogP contribution in [0.1, 0.15) is 90.2 Å². The van der Waals surface area contributed by atoms with Crippen molar-refractivity contribution in [2.75, 3.05) is 6.61 Å². The highest BCUT2D eigenvalue weighted by molar-refractivity contribution is 5.96. The summed E-state index contributed by atoms with van der Waals surface area (Å²) in [6.45, 7) is 11.2. The quantitative estimate of drug-likeness (QED) is 0.117. The predicted molar refractivity (Wildman–Crippen MR) is 211 cm³/mol. The van der Waals surface area contributed by atoms with Crippen molar-refractivity contribution >= 4 is 35.6 Å². The van der Waals surface area contributed by atoms with Gasteiger partial charge in [0, 0.05) is 37.7 Å². The van der Waals surface area contributed by atoms with Gasteiger partial charge in [-0.1, -0.05) is 68.5 Å². The SMILES string of the molecule is CC=C(C)C(=O)NC(c1ccccc1)C(O)C(=O)OC1C[C@@]2(O)C(OC(=O)c3ccccc3)[C@@H]3[C@]4(OC(C)=O)COC4CC(O)[C@@]3(C)C(=O)C(OC(C)=O)C(=C1C)C2(C)C. The lowest BCUT2D eigenvalue weighted by molar-refractivity contribution is -0.346. The summed E-state index contributed by atoms with van der Waals surface area (Å²) in [5.41, 5.74) is -6.91. The Hall–Kier alpha value is -5.22. The molecule has 4 aliphatic rings. The number of allylic oxidation sites excluding steroid dienone is 1. The van der Waals surface area contributed by atoms with Crippen molar-refractivity contribution < 1.29 is 67.8 Å². The molecule has 1 saturated heterocycles. The summed E-state index contributed by atoms with van der Waals surface area (Å²) in [5.74, 6) is -6.78. The standard InChI is InChI=1S/C45H53NO14/c1-9-23(2)39(52)46-33(27-16-12-10-13-17-27)34(50)41(54)58-29-21-45(55)38(59-40(53)28-18-14-11-15-19-28)36-43(8,30(49)20-31-44(36,22-56-31)60-26(5)48)37(51)35(57-25(4)47)32(24(29)3)42(45,6)7/h9-19,29-31,33-36,38,49-50,55H,20-22H2,1-8H3,(H,46,52)/t29?,30?,31?,33?,34?,35?,36-,38?,43+,44-,45+/m0/s1. The number of esters is 4. The number of fused-ring (bicyclic) bond motifs is 5. The lowest BCUT2D eigenvalue weighted by Crippen LogP contribution is -2.82. The molecule has 11 atom stereocenters. The number of ketones is 1. The fourth-order valence-electron chi connectivity index (χ4n) is 9.75. The summed E-state index contributed by atoms with van der Waals surface area (Å²) in [4.78, 5) is 82.9. The summed E-state index contributed by atoms with van der Waals surface area (Å²) < 4.78 is 30.2. The van der Waals surface area contributed by atoms with Crippen LogP contribution in [0.2, 0.25) is 0 Å². The summed E-state index contributed by atoms with van der Waals surface area (Å²) in [6, 6.07) is 14.8. The van der Waals surface area contributed by atoms with E-state index >= 15 is 4.79 Å². The number of rotatable bonds is 10. The van der Waals surface area contributed by atoms with Gasteiger partial charge in [0.1, 0.15) is 23.9 Å². The fraction of sp³-hybridized carbons (Fsp3) is 0.511. The van der Waals surface area contributed by atoms with Gasteiger partial charge >= 0.3 is 23.9 Å². The van der Waals surface area contributed by atoms with E-state index in [0.29, 0.717) is 11.1 Å². The molecule has 2 aromatic carbocycles. The molecule has 2 saturated carbocycles. The van der Waals surface area contributed by atoms with E-state index in [2.05, 4.69) is 5.32 Å². The van der Waals surface area contributed by atoms with Crippen molar-refractivity contribution in [3.8, 4) is 0 Å². The third-order valence-electron chi connectivity index (χ3n) is 13.2. The minimum Gasteiger partial charge on any atom is -0.456 e. The minimum absolute atomic E-state index is 0.00140. The molecule has 60 heavy (non-hydrogen) atoms. The average Bonchev–Trinajstić information content (AvgIpc) is 3.20. The van der Waals surface area contributed by atoms with Gasteiger partial charge in [0.25, 0.3) is 0 Å². The van der Waals surface area contributed by atoms with E-state index in [1.165, 1.54) is 26.0 Å². The Kier molecular flexibility index (Phi) is 12.1. The Morgan fingerprint density at radius 2 is 1.53 bits per heavy atom. The number of aliphatic hydroxyl groups is 3. The second-order valence-electron chi connectivity index (χ2n) is 17.0. The minimum atomic E-state index is -2.38. The highest BCUT2D eigenvalue weighted by Crippen LogP contribution is 2.64. The zero-order valence-electron chi connectivity index (χ0n) is 34.9. The Balaban J connectivity index is 1.56. The molecule has 2 bridgehead atoms. The van der Waals surface area contributed by atoms with Crippen molar-refractivity contribution in [3.63, 3.8) is 0 Å². The van der Waals surface area contributed by atoms with E-state index in [1.807, 2.05) is 0 Å². The van der Waals surface area contributed by atoms with Crippen LogP contribution in [0, 0.1) is 16.7 Å². The van der Waals surface area contributed by atoms with Crippen molar-refractivity contribution in [3.05, 3.63) is 94.6 Å². The molecule has 3 fully saturated rings. The molecular weight excluding hydrogens is 778 g/mol. The van der Waals surface area contributed by atoms with Crippen LogP contribution >= 0.6 is 0 Å². The molecule has 6 rings (SSSR count). The summed E-state index contributed by atoms with van der Waals surface area (Å²) >= 11 is 0.